The summed E-state index contributed by atoms with van der Waals surface area (Å²) in [6.45, 7) is 0.381. The highest BCUT2D eigenvalue weighted by atomic mass is 16.5. The van der Waals surface area contributed by atoms with Crippen LogP contribution in [0.2, 0.25) is 0 Å². The number of hydrogen-bond acceptors (Lipinski definition) is 5. The van der Waals surface area contributed by atoms with Gasteiger partial charge in [-0.25, -0.2) is 0 Å². The highest BCUT2D eigenvalue weighted by molar-refractivity contribution is 5.15. The molecular weight excluding hydrogens is 182 g/mol. The normalized spacial score (nSPS) is 25.9. The van der Waals surface area contributed by atoms with Crippen molar-refractivity contribution in [2.24, 2.45) is 5.73 Å². The zero-order chi connectivity index (χ0) is 9.97. The average molecular weight is 195 g/mol. The van der Waals surface area contributed by atoms with E-state index in [2.05, 4.69) is 10.1 Å². The van der Waals surface area contributed by atoms with Crippen molar-refractivity contribution < 1.29 is 9.26 Å². The maximum Gasteiger partial charge on any atom is 0.233 e. The van der Waals surface area contributed by atoms with Crippen LogP contribution in [0.1, 0.15) is 24.1 Å². The predicted molar refractivity (Wildman–Crippen MR) is 49.5 cm³/mol. The Bertz CT molecular complexity index is 335. The zero-order valence-corrected chi connectivity index (χ0v) is 8.01. The third kappa shape index (κ3) is 1.83. The molecule has 2 unspecified atom stereocenters. The molecule has 0 saturated carbocycles. The first-order valence-corrected chi connectivity index (χ1v) is 4.55. The van der Waals surface area contributed by atoms with E-state index in [0.717, 1.165) is 6.42 Å². The van der Waals surface area contributed by atoms with Gasteiger partial charge in [0.1, 0.15) is 6.61 Å². The van der Waals surface area contributed by atoms with Crippen LogP contribution in [0.3, 0.4) is 0 Å². The van der Waals surface area contributed by atoms with Gasteiger partial charge in [-0.05, 0) is 6.42 Å². The Hall–Kier alpha value is -1.20. The number of nitrogens with zero attached hydrogens (tertiary/aromatic N) is 2. The first-order valence-electron chi connectivity index (χ1n) is 4.55. The van der Waals surface area contributed by atoms with Crippen LogP contribution in [0.25, 0.3) is 0 Å². The van der Waals surface area contributed by atoms with Crippen LogP contribution in [-0.4, -0.2) is 23.3 Å². The van der Waals surface area contributed by atoms with E-state index in [9.17, 15) is 0 Å². The lowest BCUT2D eigenvalue weighted by Crippen LogP contribution is -2.14. The van der Waals surface area contributed by atoms with Gasteiger partial charge < -0.3 is 15.0 Å². The van der Waals surface area contributed by atoms with E-state index in [1.54, 1.807) is 7.11 Å². The Kier molecular flexibility index (Phi) is 2.60. The molecule has 0 bridgehead atoms. The Morgan fingerprint density at radius 2 is 2.50 bits per heavy atom. The summed E-state index contributed by atoms with van der Waals surface area (Å²) in [7, 11) is 1.60. The van der Waals surface area contributed by atoms with E-state index in [-0.39, 0.29) is 12.0 Å². The first kappa shape index (κ1) is 9.36. The number of methoxy groups -OCH3 is 1. The molecule has 1 aliphatic carbocycles. The van der Waals surface area contributed by atoms with Gasteiger partial charge in [-0.3, -0.25) is 0 Å². The van der Waals surface area contributed by atoms with Crippen molar-refractivity contribution in [3.63, 3.8) is 0 Å². The van der Waals surface area contributed by atoms with E-state index in [1.807, 2.05) is 12.2 Å². The van der Waals surface area contributed by atoms with Crippen molar-refractivity contribution in [2.75, 3.05) is 7.11 Å². The lowest BCUT2D eigenvalue weighted by molar-refractivity contribution is 0.174. The van der Waals surface area contributed by atoms with E-state index < -0.39 is 0 Å². The van der Waals surface area contributed by atoms with Crippen molar-refractivity contribution in [3.8, 4) is 0 Å². The van der Waals surface area contributed by atoms with E-state index in [0.29, 0.717) is 18.3 Å². The molecule has 1 heterocycles. The summed E-state index contributed by atoms with van der Waals surface area (Å²) in [6, 6.07) is 0.109. The first-order chi connectivity index (χ1) is 6.79. The molecule has 1 aliphatic rings. The van der Waals surface area contributed by atoms with Gasteiger partial charge in [-0.2, -0.15) is 4.98 Å². The number of allylic oxidation sites excluding steroid dienone is 1. The fourth-order valence-corrected chi connectivity index (χ4v) is 1.52. The van der Waals surface area contributed by atoms with Crippen molar-refractivity contribution in [2.45, 2.75) is 25.0 Å². The minimum Gasteiger partial charge on any atom is -0.377 e. The van der Waals surface area contributed by atoms with E-state index >= 15 is 0 Å². The molecule has 2 N–H and O–H groups in total. The van der Waals surface area contributed by atoms with Crippen LogP contribution in [0, 0.1) is 0 Å². The largest absolute Gasteiger partial charge is 0.377 e. The molecule has 0 spiro atoms. The van der Waals surface area contributed by atoms with Crippen molar-refractivity contribution in [1.29, 1.82) is 0 Å². The van der Waals surface area contributed by atoms with Crippen molar-refractivity contribution in [3.05, 3.63) is 23.9 Å². The lowest BCUT2D eigenvalue weighted by Gasteiger charge is -2.01. The molecule has 1 aromatic rings. The summed E-state index contributed by atoms with van der Waals surface area (Å²) in [5, 5.41) is 3.79. The molecule has 5 nitrogen and oxygen atoms in total. The standard InChI is InChI=1S/C9H13N3O2/c1-13-5-8-11-9(14-12-8)6-2-3-7(10)4-6/h2-3,6-7H,4-5,10H2,1H3. The molecule has 1 aromatic heterocycles. The van der Waals surface area contributed by atoms with Gasteiger partial charge >= 0.3 is 0 Å². The Morgan fingerprint density at radius 1 is 1.64 bits per heavy atom. The molecule has 0 saturated heterocycles. The minimum absolute atomic E-state index is 0.109. The monoisotopic (exact) mass is 195 g/mol. The van der Waals surface area contributed by atoms with Crippen molar-refractivity contribution in [1.82, 2.24) is 10.1 Å². The quantitative estimate of drug-likeness (QED) is 0.714. The molecule has 0 aromatic carbocycles. The van der Waals surface area contributed by atoms with E-state index in [1.165, 1.54) is 0 Å². The number of nitrogens with two attached hydrogens (primary N) is 1. The second-order valence-corrected chi connectivity index (χ2v) is 3.37. The highest BCUT2D eigenvalue weighted by Crippen LogP contribution is 2.26. The lowest BCUT2D eigenvalue weighted by atomic mass is 10.1. The second kappa shape index (κ2) is 3.89. The molecule has 76 valence electrons. The fourth-order valence-electron chi connectivity index (χ4n) is 1.52. The van der Waals surface area contributed by atoms with Crippen LogP contribution in [0.4, 0.5) is 0 Å². The molecular formula is C9H13N3O2. The van der Waals surface area contributed by atoms with E-state index in [4.69, 9.17) is 15.0 Å². The molecule has 0 fully saturated rings. The molecule has 2 atom stereocenters. The molecule has 5 heteroatoms. The molecule has 14 heavy (non-hydrogen) atoms. The van der Waals surface area contributed by atoms with Gasteiger partial charge in [0.05, 0.1) is 5.92 Å². The van der Waals surface area contributed by atoms with Gasteiger partial charge in [0, 0.05) is 13.2 Å². The highest BCUT2D eigenvalue weighted by Gasteiger charge is 2.22. The number of rotatable bonds is 3. The van der Waals surface area contributed by atoms with Gasteiger partial charge in [0.25, 0.3) is 0 Å². The van der Waals surface area contributed by atoms with Crippen LogP contribution in [-0.2, 0) is 11.3 Å². The second-order valence-electron chi connectivity index (χ2n) is 3.37. The van der Waals surface area contributed by atoms with Gasteiger partial charge in [-0.1, -0.05) is 17.3 Å². The summed E-state index contributed by atoms with van der Waals surface area (Å²) >= 11 is 0. The summed E-state index contributed by atoms with van der Waals surface area (Å²) in [4.78, 5) is 4.21. The summed E-state index contributed by atoms with van der Waals surface area (Å²) in [5.41, 5.74) is 5.73. The molecule has 0 radical (unpaired) electrons. The SMILES string of the molecule is COCc1noc(C2C=CC(N)C2)n1. The van der Waals surface area contributed by atoms with Crippen LogP contribution in [0.15, 0.2) is 16.7 Å². The number of aromatic nitrogens is 2. The van der Waals surface area contributed by atoms with Gasteiger partial charge in [-0.15, -0.1) is 0 Å². The summed E-state index contributed by atoms with van der Waals surface area (Å²) in [6.07, 6.45) is 4.81. The van der Waals surface area contributed by atoms with Crippen LogP contribution >= 0.6 is 0 Å². The molecule has 0 amide bonds. The number of ether oxygens (including phenoxy) is 1. The topological polar surface area (TPSA) is 74.2 Å². The average Bonchev–Trinajstić information content (AvgIpc) is 2.74. The van der Waals surface area contributed by atoms with Gasteiger partial charge in [0.2, 0.25) is 5.89 Å². The molecule has 2 rings (SSSR count). The third-order valence-corrected chi connectivity index (χ3v) is 2.19. The summed E-state index contributed by atoms with van der Waals surface area (Å²) < 4.78 is 10.00. The van der Waals surface area contributed by atoms with Crippen LogP contribution < -0.4 is 5.73 Å². The number of hydrogen-bond donors (Lipinski definition) is 1. The smallest absolute Gasteiger partial charge is 0.233 e. The summed E-state index contributed by atoms with van der Waals surface area (Å²) in [5.74, 6) is 1.38. The maximum absolute atomic E-state index is 5.73. The van der Waals surface area contributed by atoms with Crippen LogP contribution in [0.5, 0.6) is 0 Å². The Balaban J connectivity index is 2.06. The predicted octanol–water partition coefficient (Wildman–Crippen LogP) is 0.587. The molecule has 0 aliphatic heterocycles. The fraction of sp³-hybridized carbons (Fsp3) is 0.556. The minimum atomic E-state index is 0.109. The van der Waals surface area contributed by atoms with Crippen molar-refractivity contribution >= 4 is 0 Å². The Labute approximate surface area is 81.9 Å². The zero-order valence-electron chi connectivity index (χ0n) is 8.01. The maximum atomic E-state index is 5.73. The third-order valence-electron chi connectivity index (χ3n) is 2.19. The Morgan fingerprint density at radius 3 is 3.14 bits per heavy atom. The van der Waals surface area contributed by atoms with Gasteiger partial charge in [0.15, 0.2) is 5.82 Å².